The zero-order chi connectivity index (χ0) is 17.2. The van der Waals surface area contributed by atoms with E-state index in [0.717, 1.165) is 29.0 Å². The van der Waals surface area contributed by atoms with E-state index in [0.29, 0.717) is 15.7 Å². The van der Waals surface area contributed by atoms with Crippen LogP contribution >= 0.6 is 22.9 Å². The molecule has 0 unspecified atom stereocenters. The first-order valence-electron chi connectivity index (χ1n) is 9.18. The molecule has 0 radical (unpaired) electrons. The molecule has 4 bridgehead atoms. The molecule has 4 aliphatic rings. The van der Waals surface area contributed by atoms with Crippen LogP contribution in [0.5, 0.6) is 0 Å². The largest absolute Gasteiger partial charge is 0.351 e. The molecule has 25 heavy (non-hydrogen) atoms. The third kappa shape index (κ3) is 2.60. The van der Waals surface area contributed by atoms with E-state index in [-0.39, 0.29) is 16.7 Å². The van der Waals surface area contributed by atoms with Gasteiger partial charge in [-0.3, -0.25) is 4.79 Å². The summed E-state index contributed by atoms with van der Waals surface area (Å²) in [4.78, 5) is 13.2. The minimum absolute atomic E-state index is 0.152. The van der Waals surface area contributed by atoms with Gasteiger partial charge in [-0.25, -0.2) is 4.39 Å². The molecule has 6 rings (SSSR count). The van der Waals surface area contributed by atoms with Gasteiger partial charge in [0.05, 0.1) is 5.02 Å². The standard InChI is InChI=1S/C20H21ClFNOS/c21-17-16-14(22)2-1-3-15(16)25-18(17)19(24)23-10-20-7-11-4-12(8-20)6-13(5-11)9-20/h1-3,11-13H,4-10H2,(H,23,24). The molecule has 0 saturated heterocycles. The van der Waals surface area contributed by atoms with E-state index in [4.69, 9.17) is 11.6 Å². The van der Waals surface area contributed by atoms with Crippen LogP contribution in [0.3, 0.4) is 0 Å². The van der Waals surface area contributed by atoms with Crippen LogP contribution in [0.2, 0.25) is 5.02 Å². The summed E-state index contributed by atoms with van der Waals surface area (Å²) < 4.78 is 14.7. The highest BCUT2D eigenvalue weighted by atomic mass is 35.5. The fourth-order valence-corrected chi connectivity index (χ4v) is 7.55. The highest BCUT2D eigenvalue weighted by Crippen LogP contribution is 2.59. The molecule has 1 heterocycles. The van der Waals surface area contributed by atoms with Gasteiger partial charge in [-0.1, -0.05) is 17.7 Å². The maximum atomic E-state index is 14.0. The molecule has 2 aromatic rings. The predicted molar refractivity (Wildman–Crippen MR) is 99.7 cm³/mol. The quantitative estimate of drug-likeness (QED) is 0.736. The molecular weight excluding hydrogens is 357 g/mol. The topological polar surface area (TPSA) is 29.1 Å². The summed E-state index contributed by atoms with van der Waals surface area (Å²) in [7, 11) is 0. The fraction of sp³-hybridized carbons (Fsp3) is 0.550. The second-order valence-electron chi connectivity index (χ2n) is 8.46. The maximum absolute atomic E-state index is 14.0. The van der Waals surface area contributed by atoms with Crippen molar-refractivity contribution in [1.29, 1.82) is 0 Å². The molecule has 4 saturated carbocycles. The van der Waals surface area contributed by atoms with Gasteiger partial charge >= 0.3 is 0 Å². The molecule has 0 spiro atoms. The van der Waals surface area contributed by atoms with Crippen molar-refractivity contribution in [3.05, 3.63) is 33.9 Å². The number of halogens is 2. The Morgan fingerprint density at radius 2 is 1.84 bits per heavy atom. The first-order chi connectivity index (χ1) is 12.0. The van der Waals surface area contributed by atoms with Crippen LogP contribution in [-0.2, 0) is 0 Å². The van der Waals surface area contributed by atoms with Crippen molar-refractivity contribution < 1.29 is 9.18 Å². The number of hydrogen-bond donors (Lipinski definition) is 1. The molecular formula is C20H21ClFNOS. The van der Waals surface area contributed by atoms with Crippen LogP contribution in [0.4, 0.5) is 4.39 Å². The average molecular weight is 378 g/mol. The van der Waals surface area contributed by atoms with Gasteiger partial charge in [-0.05, 0) is 73.8 Å². The van der Waals surface area contributed by atoms with Crippen molar-refractivity contribution in [3.63, 3.8) is 0 Å². The minimum atomic E-state index is -0.362. The van der Waals surface area contributed by atoms with Gasteiger partial charge in [-0.15, -0.1) is 11.3 Å². The van der Waals surface area contributed by atoms with E-state index < -0.39 is 0 Å². The van der Waals surface area contributed by atoms with Crippen molar-refractivity contribution in [3.8, 4) is 0 Å². The Morgan fingerprint density at radius 1 is 1.20 bits per heavy atom. The van der Waals surface area contributed by atoms with Crippen molar-refractivity contribution in [1.82, 2.24) is 5.32 Å². The molecule has 1 aromatic heterocycles. The summed E-state index contributed by atoms with van der Waals surface area (Å²) >= 11 is 7.60. The van der Waals surface area contributed by atoms with Gasteiger partial charge in [0.2, 0.25) is 0 Å². The number of carbonyl (C=O) groups is 1. The van der Waals surface area contributed by atoms with Crippen LogP contribution in [0.25, 0.3) is 10.1 Å². The van der Waals surface area contributed by atoms with Crippen molar-refractivity contribution in [2.24, 2.45) is 23.2 Å². The number of thiophene rings is 1. The Labute approximate surface area is 155 Å². The fourth-order valence-electron chi connectivity index (χ4n) is 6.07. The lowest BCUT2D eigenvalue weighted by atomic mass is 9.49. The van der Waals surface area contributed by atoms with Crippen LogP contribution in [0.15, 0.2) is 18.2 Å². The number of fused-ring (bicyclic) bond motifs is 1. The van der Waals surface area contributed by atoms with Crippen LogP contribution < -0.4 is 5.32 Å². The van der Waals surface area contributed by atoms with Crippen molar-refractivity contribution in [2.75, 3.05) is 6.54 Å². The van der Waals surface area contributed by atoms with E-state index >= 15 is 0 Å². The van der Waals surface area contributed by atoms with E-state index in [1.54, 1.807) is 6.07 Å². The normalized spacial score (nSPS) is 33.1. The van der Waals surface area contributed by atoms with Crippen molar-refractivity contribution >= 4 is 38.9 Å². The van der Waals surface area contributed by atoms with Gasteiger partial charge in [0, 0.05) is 16.6 Å². The van der Waals surface area contributed by atoms with Gasteiger partial charge in [-0.2, -0.15) is 0 Å². The second-order valence-corrected chi connectivity index (χ2v) is 9.89. The van der Waals surface area contributed by atoms with E-state index in [2.05, 4.69) is 5.32 Å². The number of nitrogens with one attached hydrogen (secondary N) is 1. The number of hydrogen-bond acceptors (Lipinski definition) is 2. The third-order valence-corrected chi connectivity index (χ3v) is 8.25. The molecule has 2 nitrogen and oxygen atoms in total. The van der Waals surface area contributed by atoms with E-state index in [9.17, 15) is 9.18 Å². The Morgan fingerprint density at radius 3 is 2.44 bits per heavy atom. The highest BCUT2D eigenvalue weighted by Gasteiger charge is 2.50. The lowest BCUT2D eigenvalue weighted by Crippen LogP contribution is -2.51. The lowest BCUT2D eigenvalue weighted by Gasteiger charge is -2.56. The molecule has 1 aromatic carbocycles. The number of benzene rings is 1. The minimum Gasteiger partial charge on any atom is -0.351 e. The first-order valence-corrected chi connectivity index (χ1v) is 10.4. The molecule has 5 heteroatoms. The Hall–Kier alpha value is -1.13. The maximum Gasteiger partial charge on any atom is 0.262 e. The number of rotatable bonds is 3. The lowest BCUT2D eigenvalue weighted by molar-refractivity contribution is -0.0503. The van der Waals surface area contributed by atoms with Gasteiger partial charge in [0.1, 0.15) is 10.7 Å². The van der Waals surface area contributed by atoms with Gasteiger partial charge < -0.3 is 5.32 Å². The summed E-state index contributed by atoms with van der Waals surface area (Å²) in [6.45, 7) is 0.738. The molecule has 132 valence electrons. The van der Waals surface area contributed by atoms with Crippen LogP contribution in [-0.4, -0.2) is 12.5 Å². The first kappa shape index (κ1) is 16.1. The van der Waals surface area contributed by atoms with Crippen molar-refractivity contribution in [2.45, 2.75) is 38.5 Å². The average Bonchev–Trinajstić information content (AvgIpc) is 2.90. The molecule has 1 amide bonds. The number of amides is 1. The SMILES string of the molecule is O=C(NCC12CC3CC(CC(C3)C1)C2)c1sc2cccc(F)c2c1Cl. The smallest absolute Gasteiger partial charge is 0.262 e. The molecule has 0 aliphatic heterocycles. The Balaban J connectivity index is 1.36. The van der Waals surface area contributed by atoms with Gasteiger partial charge in [0.25, 0.3) is 5.91 Å². The monoisotopic (exact) mass is 377 g/mol. The zero-order valence-corrected chi connectivity index (χ0v) is 15.6. The summed E-state index contributed by atoms with van der Waals surface area (Å²) in [5.41, 5.74) is 0.290. The zero-order valence-electron chi connectivity index (χ0n) is 14.0. The number of carbonyl (C=O) groups excluding carboxylic acids is 1. The van der Waals surface area contributed by atoms with Crippen LogP contribution in [0.1, 0.15) is 48.2 Å². The molecule has 1 N–H and O–H groups in total. The van der Waals surface area contributed by atoms with Gasteiger partial charge in [0.15, 0.2) is 0 Å². The molecule has 0 atom stereocenters. The predicted octanol–water partition coefficient (Wildman–Crippen LogP) is 5.64. The highest BCUT2D eigenvalue weighted by molar-refractivity contribution is 7.21. The Kier molecular flexibility index (Phi) is 3.65. The van der Waals surface area contributed by atoms with E-state index in [1.807, 2.05) is 6.07 Å². The summed E-state index contributed by atoms with van der Waals surface area (Å²) in [5, 5.41) is 3.76. The summed E-state index contributed by atoms with van der Waals surface area (Å²) in [6, 6.07) is 4.85. The third-order valence-electron chi connectivity index (χ3n) is 6.60. The second kappa shape index (κ2) is 5.68. The Bertz CT molecular complexity index is 825. The summed E-state index contributed by atoms with van der Waals surface area (Å²) in [6.07, 6.45) is 7.97. The van der Waals surface area contributed by atoms with Crippen LogP contribution in [0, 0.1) is 29.0 Å². The van der Waals surface area contributed by atoms with E-state index in [1.165, 1.54) is 55.9 Å². The molecule has 4 aliphatic carbocycles. The summed E-state index contributed by atoms with van der Waals surface area (Å²) in [5.74, 6) is 2.08. The molecule has 4 fully saturated rings.